The second kappa shape index (κ2) is 8.67. The Balaban J connectivity index is 1.76. The van der Waals surface area contributed by atoms with Crippen molar-refractivity contribution in [2.45, 2.75) is 39.7 Å². The lowest BCUT2D eigenvalue weighted by Gasteiger charge is -2.22. The quantitative estimate of drug-likeness (QED) is 0.684. The number of H-pyrrole nitrogens is 1. The first kappa shape index (κ1) is 18.9. The first-order chi connectivity index (χ1) is 13.1. The van der Waals surface area contributed by atoms with Gasteiger partial charge in [0.25, 0.3) is 5.56 Å². The van der Waals surface area contributed by atoms with E-state index in [1.165, 1.54) is 0 Å². The van der Waals surface area contributed by atoms with Gasteiger partial charge in [0.05, 0.1) is 6.54 Å². The molecule has 0 unspecified atom stereocenters. The smallest absolute Gasteiger partial charge is 0.253 e. The Hall–Kier alpha value is -2.88. The Kier molecular flexibility index (Phi) is 6.07. The number of benzene rings is 2. The highest BCUT2D eigenvalue weighted by Crippen LogP contribution is 2.15. The Morgan fingerprint density at radius 3 is 2.59 bits per heavy atom. The van der Waals surface area contributed by atoms with Gasteiger partial charge in [0, 0.05) is 24.0 Å². The van der Waals surface area contributed by atoms with Crippen LogP contribution in [0.25, 0.3) is 10.9 Å². The summed E-state index contributed by atoms with van der Waals surface area (Å²) in [4.78, 5) is 30.0. The third-order valence-corrected chi connectivity index (χ3v) is 4.76. The summed E-state index contributed by atoms with van der Waals surface area (Å²) in [5, 5.41) is 0.989. The molecular formula is C23H26N2O2. The van der Waals surface area contributed by atoms with Crippen molar-refractivity contribution in [1.29, 1.82) is 0 Å². The van der Waals surface area contributed by atoms with Crippen LogP contribution in [0.3, 0.4) is 0 Å². The molecule has 0 fully saturated rings. The second-order valence-electron chi connectivity index (χ2n) is 7.02. The first-order valence-corrected chi connectivity index (χ1v) is 9.51. The van der Waals surface area contributed by atoms with Gasteiger partial charge in [-0.05, 0) is 48.4 Å². The Labute approximate surface area is 159 Å². The maximum absolute atomic E-state index is 12.7. The van der Waals surface area contributed by atoms with Gasteiger partial charge in [0.1, 0.15) is 0 Å². The Bertz CT molecular complexity index is 977. The van der Waals surface area contributed by atoms with Crippen LogP contribution >= 0.6 is 0 Å². The van der Waals surface area contributed by atoms with E-state index in [9.17, 15) is 9.59 Å². The number of aryl methyl sites for hydroxylation is 2. The molecule has 1 amide bonds. The van der Waals surface area contributed by atoms with Crippen molar-refractivity contribution in [2.75, 3.05) is 6.54 Å². The lowest BCUT2D eigenvalue weighted by atomic mass is 10.1. The number of rotatable bonds is 7. The van der Waals surface area contributed by atoms with Crippen LogP contribution in [0.2, 0.25) is 0 Å². The Morgan fingerprint density at radius 1 is 1.07 bits per heavy atom. The average molecular weight is 362 g/mol. The van der Waals surface area contributed by atoms with Crippen LogP contribution in [0.4, 0.5) is 0 Å². The number of aromatic nitrogens is 1. The molecule has 0 atom stereocenters. The maximum Gasteiger partial charge on any atom is 0.253 e. The fourth-order valence-corrected chi connectivity index (χ4v) is 3.30. The number of carbonyl (C=O) groups excluding carboxylic acids is 1. The highest BCUT2D eigenvalue weighted by atomic mass is 16.2. The van der Waals surface area contributed by atoms with Crippen LogP contribution < -0.4 is 5.56 Å². The van der Waals surface area contributed by atoms with Crippen LogP contribution in [-0.2, 0) is 17.8 Å². The molecule has 1 N–H and O–H groups in total. The van der Waals surface area contributed by atoms with Gasteiger partial charge in [-0.25, -0.2) is 0 Å². The van der Waals surface area contributed by atoms with Gasteiger partial charge < -0.3 is 9.88 Å². The SMILES string of the molecule is CCCN(Cc1cc2ccc(C)cc2[nH]c1=O)C(=O)CCc1ccccc1. The highest BCUT2D eigenvalue weighted by molar-refractivity contribution is 5.80. The molecule has 0 spiro atoms. The van der Waals surface area contributed by atoms with Gasteiger partial charge in [0.15, 0.2) is 0 Å². The largest absolute Gasteiger partial charge is 0.338 e. The maximum atomic E-state index is 12.7. The molecule has 0 bridgehead atoms. The number of carbonyl (C=O) groups is 1. The van der Waals surface area contributed by atoms with Crippen molar-refractivity contribution < 1.29 is 4.79 Å². The number of nitrogens with zero attached hydrogens (tertiary/aromatic N) is 1. The van der Waals surface area contributed by atoms with Crippen molar-refractivity contribution in [3.63, 3.8) is 0 Å². The topological polar surface area (TPSA) is 53.2 Å². The van der Waals surface area contributed by atoms with Crippen molar-refractivity contribution in [1.82, 2.24) is 9.88 Å². The fraction of sp³-hybridized carbons (Fsp3) is 0.304. The summed E-state index contributed by atoms with van der Waals surface area (Å²) in [6.45, 7) is 5.05. The number of hydrogen-bond acceptors (Lipinski definition) is 2. The molecule has 0 aliphatic heterocycles. The molecule has 4 heteroatoms. The molecule has 3 aromatic rings. The zero-order chi connectivity index (χ0) is 19.2. The molecule has 3 rings (SSSR count). The van der Waals surface area contributed by atoms with E-state index in [-0.39, 0.29) is 11.5 Å². The second-order valence-corrected chi connectivity index (χ2v) is 7.02. The van der Waals surface area contributed by atoms with Gasteiger partial charge >= 0.3 is 0 Å². The molecule has 4 nitrogen and oxygen atoms in total. The Morgan fingerprint density at radius 2 is 1.85 bits per heavy atom. The summed E-state index contributed by atoms with van der Waals surface area (Å²) in [5.74, 6) is 0.0871. The number of amides is 1. The molecule has 1 aromatic heterocycles. The van der Waals surface area contributed by atoms with Crippen molar-refractivity contribution in [3.8, 4) is 0 Å². The molecule has 1 heterocycles. The number of nitrogens with one attached hydrogen (secondary N) is 1. The van der Waals surface area contributed by atoms with Crippen molar-refractivity contribution in [2.24, 2.45) is 0 Å². The molecule has 0 aliphatic carbocycles. The predicted molar refractivity (Wildman–Crippen MR) is 110 cm³/mol. The monoisotopic (exact) mass is 362 g/mol. The van der Waals surface area contributed by atoms with Gasteiger partial charge in [-0.15, -0.1) is 0 Å². The predicted octanol–water partition coefficient (Wildman–Crippen LogP) is 4.21. The zero-order valence-electron chi connectivity index (χ0n) is 16.0. The summed E-state index contributed by atoms with van der Waals surface area (Å²) in [5.41, 5.74) is 3.61. The number of pyridine rings is 1. The molecule has 0 saturated heterocycles. The van der Waals surface area contributed by atoms with E-state index in [1.807, 2.05) is 68.4 Å². The summed E-state index contributed by atoms with van der Waals surface area (Å²) >= 11 is 0. The zero-order valence-corrected chi connectivity index (χ0v) is 16.0. The molecule has 0 saturated carbocycles. The minimum absolute atomic E-state index is 0.0871. The first-order valence-electron chi connectivity index (χ1n) is 9.51. The number of aromatic amines is 1. The van der Waals surface area contributed by atoms with E-state index < -0.39 is 0 Å². The molecule has 140 valence electrons. The summed E-state index contributed by atoms with van der Waals surface area (Å²) in [6.07, 6.45) is 2.03. The minimum atomic E-state index is -0.120. The standard InChI is InChI=1S/C23H26N2O2/c1-3-13-25(22(26)12-10-18-7-5-4-6-8-18)16-20-15-19-11-9-17(2)14-21(19)24-23(20)27/h4-9,11,14-15H,3,10,12-13,16H2,1-2H3,(H,24,27). The number of fused-ring (bicyclic) bond motifs is 1. The van der Waals surface area contributed by atoms with Gasteiger partial charge in [0.2, 0.25) is 5.91 Å². The number of hydrogen-bond donors (Lipinski definition) is 1. The molecular weight excluding hydrogens is 336 g/mol. The highest BCUT2D eigenvalue weighted by Gasteiger charge is 2.15. The summed E-state index contributed by atoms with van der Waals surface area (Å²) in [7, 11) is 0. The van der Waals surface area contributed by atoms with E-state index in [2.05, 4.69) is 4.98 Å². The van der Waals surface area contributed by atoms with Crippen LogP contribution in [0.1, 0.15) is 36.5 Å². The van der Waals surface area contributed by atoms with Crippen molar-refractivity contribution >= 4 is 16.8 Å². The van der Waals surface area contributed by atoms with E-state index >= 15 is 0 Å². The van der Waals surface area contributed by atoms with Gasteiger partial charge in [-0.1, -0.05) is 49.4 Å². The van der Waals surface area contributed by atoms with Gasteiger partial charge in [-0.3, -0.25) is 9.59 Å². The third-order valence-electron chi connectivity index (χ3n) is 4.76. The molecule has 0 aliphatic rings. The van der Waals surface area contributed by atoms with Gasteiger partial charge in [-0.2, -0.15) is 0 Å². The van der Waals surface area contributed by atoms with Crippen LogP contribution in [0.5, 0.6) is 0 Å². The summed E-state index contributed by atoms with van der Waals surface area (Å²) in [6, 6.07) is 17.9. The molecule has 0 radical (unpaired) electrons. The normalized spacial score (nSPS) is 10.9. The third kappa shape index (κ3) is 4.85. The minimum Gasteiger partial charge on any atom is -0.338 e. The molecule has 2 aromatic carbocycles. The van der Waals surface area contributed by atoms with E-state index in [0.29, 0.717) is 31.5 Å². The van der Waals surface area contributed by atoms with Crippen molar-refractivity contribution in [3.05, 3.63) is 81.6 Å². The van der Waals surface area contributed by atoms with Crippen LogP contribution in [-0.4, -0.2) is 22.3 Å². The van der Waals surface area contributed by atoms with E-state index in [0.717, 1.165) is 28.5 Å². The van der Waals surface area contributed by atoms with Crippen LogP contribution in [0, 0.1) is 6.92 Å². The van der Waals surface area contributed by atoms with E-state index in [1.54, 1.807) is 4.90 Å². The summed E-state index contributed by atoms with van der Waals surface area (Å²) < 4.78 is 0. The van der Waals surface area contributed by atoms with Crippen LogP contribution in [0.15, 0.2) is 59.4 Å². The lowest BCUT2D eigenvalue weighted by molar-refractivity contribution is -0.131. The average Bonchev–Trinajstić information content (AvgIpc) is 2.67. The lowest BCUT2D eigenvalue weighted by Crippen LogP contribution is -2.33. The van der Waals surface area contributed by atoms with E-state index in [4.69, 9.17) is 0 Å². The molecule has 27 heavy (non-hydrogen) atoms. The fourth-order valence-electron chi connectivity index (χ4n) is 3.30.